The molecule has 0 unspecified atom stereocenters. The first-order valence-corrected chi connectivity index (χ1v) is 8.62. The van der Waals surface area contributed by atoms with Crippen LogP contribution in [0.5, 0.6) is 0 Å². The number of nitrogens with one attached hydrogen (secondary N) is 1. The number of amides is 1. The van der Waals surface area contributed by atoms with Crippen LogP contribution < -0.4 is 5.32 Å². The van der Waals surface area contributed by atoms with Crippen molar-refractivity contribution in [3.05, 3.63) is 53.1 Å². The second kappa shape index (κ2) is 7.06. The molecule has 0 saturated heterocycles. The lowest BCUT2D eigenvalue weighted by atomic mass is 10.1. The summed E-state index contributed by atoms with van der Waals surface area (Å²) >= 11 is 1.56. The van der Waals surface area contributed by atoms with Crippen molar-refractivity contribution in [2.75, 3.05) is 6.61 Å². The number of benzene rings is 1. The van der Waals surface area contributed by atoms with Crippen molar-refractivity contribution in [1.82, 2.24) is 10.3 Å². The van der Waals surface area contributed by atoms with E-state index >= 15 is 0 Å². The molecule has 3 rings (SSSR count). The highest BCUT2D eigenvalue weighted by molar-refractivity contribution is 7.13. The van der Waals surface area contributed by atoms with Crippen LogP contribution in [0.15, 0.2) is 41.8 Å². The van der Waals surface area contributed by atoms with Gasteiger partial charge < -0.3 is 10.4 Å². The van der Waals surface area contributed by atoms with E-state index in [4.69, 9.17) is 5.11 Å². The van der Waals surface area contributed by atoms with Gasteiger partial charge in [0.2, 0.25) is 5.91 Å². The summed E-state index contributed by atoms with van der Waals surface area (Å²) in [7, 11) is 0. The van der Waals surface area contributed by atoms with Gasteiger partial charge in [0.15, 0.2) is 0 Å². The number of aliphatic hydroxyl groups is 1. The third kappa shape index (κ3) is 4.06. The molecule has 0 radical (unpaired) electrons. The number of nitrogens with zero attached hydrogens (tertiary/aromatic N) is 1. The Morgan fingerprint density at radius 2 is 2.30 bits per heavy atom. The van der Waals surface area contributed by atoms with Crippen LogP contribution in [0.1, 0.15) is 17.7 Å². The summed E-state index contributed by atoms with van der Waals surface area (Å²) in [6.07, 6.45) is 4.98. The molecule has 4 nitrogen and oxygen atoms in total. The molecule has 1 amide bonds. The van der Waals surface area contributed by atoms with Gasteiger partial charge >= 0.3 is 0 Å². The fourth-order valence-electron chi connectivity index (χ4n) is 2.74. The van der Waals surface area contributed by atoms with Crippen LogP contribution in [-0.2, 0) is 11.2 Å². The molecule has 0 bridgehead atoms. The highest BCUT2D eigenvalue weighted by Crippen LogP contribution is 2.24. The van der Waals surface area contributed by atoms with Crippen LogP contribution in [-0.4, -0.2) is 28.6 Å². The summed E-state index contributed by atoms with van der Waals surface area (Å²) in [4.78, 5) is 16.7. The zero-order valence-corrected chi connectivity index (χ0v) is 13.8. The first-order valence-electron chi connectivity index (χ1n) is 7.74. The predicted molar refractivity (Wildman–Crippen MR) is 92.3 cm³/mol. The topological polar surface area (TPSA) is 62.2 Å². The minimum atomic E-state index is -0.0284. The molecule has 23 heavy (non-hydrogen) atoms. The molecule has 2 N–H and O–H groups in total. The number of hydrogen-bond donors (Lipinski definition) is 2. The van der Waals surface area contributed by atoms with Gasteiger partial charge in [-0.15, -0.1) is 11.3 Å². The Labute approximate surface area is 139 Å². The molecule has 2 aromatic rings. The average Bonchev–Trinajstić information content (AvgIpc) is 3.16. The molecule has 0 saturated carbocycles. The Balaban J connectivity index is 1.59. The van der Waals surface area contributed by atoms with Gasteiger partial charge in [0.05, 0.1) is 12.1 Å². The van der Waals surface area contributed by atoms with Gasteiger partial charge in [-0.3, -0.25) is 4.79 Å². The minimum absolute atomic E-state index is 0.0227. The zero-order valence-electron chi connectivity index (χ0n) is 13.0. The molecule has 120 valence electrons. The molecule has 0 fully saturated rings. The van der Waals surface area contributed by atoms with Crippen molar-refractivity contribution in [2.24, 2.45) is 5.92 Å². The third-order valence-electron chi connectivity index (χ3n) is 3.91. The lowest BCUT2D eigenvalue weighted by Gasteiger charge is -2.12. The molecule has 1 aliphatic rings. The van der Waals surface area contributed by atoms with E-state index < -0.39 is 0 Å². The normalized spacial score (nSPS) is 19.9. The Morgan fingerprint density at radius 1 is 1.43 bits per heavy atom. The lowest BCUT2D eigenvalue weighted by molar-refractivity contribution is -0.120. The molecule has 0 aliphatic heterocycles. The van der Waals surface area contributed by atoms with Gasteiger partial charge in [0.1, 0.15) is 5.01 Å². The van der Waals surface area contributed by atoms with Crippen molar-refractivity contribution in [2.45, 2.75) is 25.8 Å². The SMILES string of the molecule is Cc1cccc(-c2nc(CC(=O)N[C@@H]3C=C[C@H](CO)C3)cs2)c1. The summed E-state index contributed by atoms with van der Waals surface area (Å²) in [5.41, 5.74) is 3.08. The number of aromatic nitrogens is 1. The monoisotopic (exact) mass is 328 g/mol. The maximum absolute atomic E-state index is 12.1. The van der Waals surface area contributed by atoms with Crippen molar-refractivity contribution < 1.29 is 9.90 Å². The van der Waals surface area contributed by atoms with Gasteiger partial charge in [0.25, 0.3) is 0 Å². The summed E-state index contributed by atoms with van der Waals surface area (Å²) in [5, 5.41) is 15.0. The highest BCUT2D eigenvalue weighted by Gasteiger charge is 2.20. The predicted octanol–water partition coefficient (Wildman–Crippen LogP) is 2.71. The summed E-state index contributed by atoms with van der Waals surface area (Å²) in [6.45, 7) is 2.19. The zero-order chi connectivity index (χ0) is 16.2. The van der Waals surface area contributed by atoms with Crippen LogP contribution >= 0.6 is 11.3 Å². The highest BCUT2D eigenvalue weighted by atomic mass is 32.1. The van der Waals surface area contributed by atoms with Crippen LogP contribution in [0, 0.1) is 12.8 Å². The smallest absolute Gasteiger partial charge is 0.226 e. The van der Waals surface area contributed by atoms with Crippen LogP contribution in [0.4, 0.5) is 0 Å². The third-order valence-corrected chi connectivity index (χ3v) is 4.85. The molecule has 1 aromatic heterocycles. The minimum Gasteiger partial charge on any atom is -0.396 e. The quantitative estimate of drug-likeness (QED) is 0.830. The number of hydrogen-bond acceptors (Lipinski definition) is 4. The second-order valence-electron chi connectivity index (χ2n) is 5.93. The largest absolute Gasteiger partial charge is 0.396 e. The number of thiazole rings is 1. The van der Waals surface area contributed by atoms with E-state index in [1.54, 1.807) is 11.3 Å². The van der Waals surface area contributed by atoms with Crippen LogP contribution in [0.2, 0.25) is 0 Å². The maximum Gasteiger partial charge on any atom is 0.226 e. The Kier molecular flexibility index (Phi) is 4.88. The van der Waals surface area contributed by atoms with E-state index in [1.165, 1.54) is 5.56 Å². The van der Waals surface area contributed by atoms with Crippen molar-refractivity contribution in [3.63, 3.8) is 0 Å². The number of carbonyl (C=O) groups is 1. The number of rotatable bonds is 5. The van der Waals surface area contributed by atoms with Crippen LogP contribution in [0.3, 0.4) is 0 Å². The Bertz CT molecular complexity index is 723. The molecular weight excluding hydrogens is 308 g/mol. The Hall–Kier alpha value is -1.98. The Morgan fingerprint density at radius 3 is 3.04 bits per heavy atom. The molecule has 1 heterocycles. The summed E-state index contributed by atoms with van der Waals surface area (Å²) < 4.78 is 0. The fourth-order valence-corrected chi connectivity index (χ4v) is 3.55. The van der Waals surface area contributed by atoms with E-state index in [0.29, 0.717) is 0 Å². The van der Waals surface area contributed by atoms with Gasteiger partial charge in [-0.05, 0) is 19.4 Å². The van der Waals surface area contributed by atoms with Crippen molar-refractivity contribution >= 4 is 17.2 Å². The molecule has 0 spiro atoms. The van der Waals surface area contributed by atoms with Crippen molar-refractivity contribution in [1.29, 1.82) is 0 Å². The summed E-state index contributed by atoms with van der Waals surface area (Å²) in [5.74, 6) is 0.131. The second-order valence-corrected chi connectivity index (χ2v) is 6.79. The van der Waals surface area contributed by atoms with Crippen molar-refractivity contribution in [3.8, 4) is 10.6 Å². The summed E-state index contributed by atoms with van der Waals surface area (Å²) in [6, 6.07) is 8.23. The van der Waals surface area contributed by atoms with E-state index in [2.05, 4.69) is 29.4 Å². The molecule has 1 aliphatic carbocycles. The van der Waals surface area contributed by atoms with Gasteiger partial charge in [-0.25, -0.2) is 4.98 Å². The molecule has 2 atom stereocenters. The fraction of sp³-hybridized carbons (Fsp3) is 0.333. The molecule has 1 aromatic carbocycles. The molecular formula is C18H20N2O2S. The van der Waals surface area contributed by atoms with Gasteiger partial charge in [0, 0.05) is 29.5 Å². The van der Waals surface area contributed by atoms with Gasteiger partial charge in [-0.2, -0.15) is 0 Å². The van der Waals surface area contributed by atoms with E-state index in [1.807, 2.05) is 29.7 Å². The number of aryl methyl sites for hydroxylation is 1. The molecule has 5 heteroatoms. The first-order chi connectivity index (χ1) is 11.1. The average molecular weight is 328 g/mol. The van der Waals surface area contributed by atoms with Gasteiger partial charge in [-0.1, -0.05) is 35.9 Å². The van der Waals surface area contributed by atoms with E-state index in [9.17, 15) is 4.79 Å². The number of carbonyl (C=O) groups excluding carboxylic acids is 1. The maximum atomic E-state index is 12.1. The lowest BCUT2D eigenvalue weighted by Crippen LogP contribution is -2.34. The van der Waals surface area contributed by atoms with E-state index in [0.717, 1.165) is 22.7 Å². The van der Waals surface area contributed by atoms with Crippen LogP contribution in [0.25, 0.3) is 10.6 Å². The standard InChI is InChI=1S/C18H20N2O2S/c1-12-3-2-4-14(7-12)18-20-16(11-23-18)9-17(22)19-15-6-5-13(8-15)10-21/h2-7,11,13,15,21H,8-10H2,1H3,(H,19,22)/t13-,15+/m0/s1. The first kappa shape index (κ1) is 15.9. The van der Waals surface area contributed by atoms with E-state index in [-0.39, 0.29) is 30.9 Å². The number of aliphatic hydroxyl groups excluding tert-OH is 1.